The largest absolute Gasteiger partial charge is 0.507 e. The minimum atomic E-state index is -0.279. The van der Waals surface area contributed by atoms with E-state index in [0.29, 0.717) is 10.4 Å². The Kier molecular flexibility index (Phi) is 4.34. The molecule has 0 fully saturated rings. The number of hydrogen-bond acceptors (Lipinski definition) is 4. The number of nitrogens with zero attached hydrogens (tertiary/aromatic N) is 1. The van der Waals surface area contributed by atoms with E-state index in [0.717, 1.165) is 9.35 Å². The van der Waals surface area contributed by atoms with Crippen molar-refractivity contribution in [1.82, 2.24) is 5.43 Å². The van der Waals surface area contributed by atoms with Crippen molar-refractivity contribution in [1.29, 1.82) is 0 Å². The monoisotopic (exact) mass is 338 g/mol. The molecule has 0 aliphatic heterocycles. The van der Waals surface area contributed by atoms with Crippen LogP contribution in [-0.4, -0.2) is 17.2 Å². The van der Waals surface area contributed by atoms with E-state index in [1.807, 2.05) is 13.0 Å². The van der Waals surface area contributed by atoms with E-state index in [-0.39, 0.29) is 11.7 Å². The van der Waals surface area contributed by atoms with Crippen LogP contribution >= 0.6 is 27.3 Å². The molecule has 2 N–H and O–H groups in total. The highest BCUT2D eigenvalue weighted by molar-refractivity contribution is 9.11. The molecule has 4 nitrogen and oxygen atoms in total. The smallest absolute Gasteiger partial charge is 0.281 e. The van der Waals surface area contributed by atoms with Gasteiger partial charge in [-0.05, 0) is 52.7 Å². The number of carbonyl (C=O) groups excluding carboxylic acids is 1. The van der Waals surface area contributed by atoms with Crippen LogP contribution in [0.1, 0.15) is 20.8 Å². The second-order valence-electron chi connectivity index (χ2n) is 3.87. The first-order chi connectivity index (χ1) is 9.06. The summed E-state index contributed by atoms with van der Waals surface area (Å²) in [5.74, 6) is -0.143. The predicted molar refractivity (Wildman–Crippen MR) is 79.9 cm³/mol. The van der Waals surface area contributed by atoms with Crippen LogP contribution in [0.2, 0.25) is 0 Å². The molecule has 0 saturated heterocycles. The van der Waals surface area contributed by atoms with Crippen LogP contribution in [0.3, 0.4) is 0 Å². The molecule has 19 heavy (non-hydrogen) atoms. The average molecular weight is 339 g/mol. The Hall–Kier alpha value is -1.66. The lowest BCUT2D eigenvalue weighted by Gasteiger charge is -2.00. The summed E-state index contributed by atoms with van der Waals surface area (Å²) in [7, 11) is 0. The van der Waals surface area contributed by atoms with E-state index in [4.69, 9.17) is 0 Å². The number of aryl methyl sites for hydroxylation is 1. The fourth-order valence-corrected chi connectivity index (χ4v) is 2.69. The maximum Gasteiger partial charge on any atom is 0.281 e. The molecule has 0 aliphatic rings. The van der Waals surface area contributed by atoms with Crippen molar-refractivity contribution in [2.45, 2.75) is 6.92 Å². The average Bonchev–Trinajstić information content (AvgIpc) is 2.78. The molecule has 1 amide bonds. The molecular formula is C13H11BrN2O2S. The Labute approximate surface area is 122 Å². The van der Waals surface area contributed by atoms with Gasteiger partial charge in [0.1, 0.15) is 5.75 Å². The van der Waals surface area contributed by atoms with Crippen LogP contribution in [-0.2, 0) is 0 Å². The van der Waals surface area contributed by atoms with Crippen LogP contribution in [0.25, 0.3) is 0 Å². The molecule has 1 aromatic heterocycles. The van der Waals surface area contributed by atoms with Crippen LogP contribution < -0.4 is 5.43 Å². The first-order valence-electron chi connectivity index (χ1n) is 5.44. The van der Waals surface area contributed by atoms with Gasteiger partial charge < -0.3 is 5.11 Å². The molecule has 0 unspecified atom stereocenters. The third-order valence-corrected chi connectivity index (χ3v) is 3.98. The minimum Gasteiger partial charge on any atom is -0.507 e. The van der Waals surface area contributed by atoms with E-state index < -0.39 is 0 Å². The number of hydrazone groups is 1. The lowest BCUT2D eigenvalue weighted by atomic mass is 10.1. The molecular weight excluding hydrogens is 328 g/mol. The molecule has 6 heteroatoms. The van der Waals surface area contributed by atoms with Gasteiger partial charge in [0.25, 0.3) is 5.91 Å². The van der Waals surface area contributed by atoms with Crippen LogP contribution in [0.15, 0.2) is 39.2 Å². The first kappa shape index (κ1) is 13.8. The number of carbonyl (C=O) groups is 1. The van der Waals surface area contributed by atoms with E-state index in [2.05, 4.69) is 26.5 Å². The third kappa shape index (κ3) is 3.65. The quantitative estimate of drug-likeness (QED) is 0.666. The third-order valence-electron chi connectivity index (χ3n) is 2.35. The number of halogens is 1. The van der Waals surface area contributed by atoms with Gasteiger partial charge in [-0.2, -0.15) is 5.10 Å². The summed E-state index contributed by atoms with van der Waals surface area (Å²) >= 11 is 4.62. The lowest BCUT2D eigenvalue weighted by molar-refractivity contribution is 0.0959. The van der Waals surface area contributed by atoms with Crippen molar-refractivity contribution in [3.05, 3.63) is 50.1 Å². The number of benzene rings is 1. The van der Waals surface area contributed by atoms with Gasteiger partial charge in [0.2, 0.25) is 0 Å². The topological polar surface area (TPSA) is 61.7 Å². The Balaban J connectivity index is 2.02. The molecule has 0 aliphatic carbocycles. The van der Waals surface area contributed by atoms with Crippen LogP contribution in [0, 0.1) is 6.92 Å². The Morgan fingerprint density at radius 3 is 2.84 bits per heavy atom. The molecule has 98 valence electrons. The van der Waals surface area contributed by atoms with Gasteiger partial charge in [-0.15, -0.1) is 11.3 Å². The number of rotatable bonds is 3. The van der Waals surface area contributed by atoms with Gasteiger partial charge in [0, 0.05) is 5.56 Å². The molecule has 0 bridgehead atoms. The van der Waals surface area contributed by atoms with E-state index >= 15 is 0 Å². The van der Waals surface area contributed by atoms with Gasteiger partial charge >= 0.3 is 0 Å². The first-order valence-corrected chi connectivity index (χ1v) is 7.05. The summed E-state index contributed by atoms with van der Waals surface area (Å²) in [5.41, 5.74) is 3.93. The van der Waals surface area contributed by atoms with Crippen molar-refractivity contribution in [3.63, 3.8) is 0 Å². The van der Waals surface area contributed by atoms with Crippen LogP contribution in [0.5, 0.6) is 5.75 Å². The van der Waals surface area contributed by atoms with Crippen LogP contribution in [0.4, 0.5) is 0 Å². The molecule has 0 saturated carbocycles. The normalized spacial score (nSPS) is 10.8. The zero-order valence-electron chi connectivity index (χ0n) is 10.1. The van der Waals surface area contributed by atoms with Gasteiger partial charge in [-0.25, -0.2) is 5.43 Å². The van der Waals surface area contributed by atoms with Crippen molar-refractivity contribution in [2.24, 2.45) is 5.10 Å². The molecule has 0 atom stereocenters. The fourth-order valence-electron chi connectivity index (χ4n) is 1.41. The Morgan fingerprint density at radius 2 is 2.21 bits per heavy atom. The predicted octanol–water partition coefficient (Wildman–Crippen LogP) is 3.29. The molecule has 1 aromatic carbocycles. The maximum atomic E-state index is 11.7. The molecule has 0 radical (unpaired) electrons. The van der Waals surface area contributed by atoms with Crippen molar-refractivity contribution >= 4 is 39.4 Å². The second kappa shape index (κ2) is 5.99. The van der Waals surface area contributed by atoms with Gasteiger partial charge in [0.05, 0.1) is 14.9 Å². The maximum absolute atomic E-state index is 11.7. The minimum absolute atomic E-state index is 0.136. The lowest BCUT2D eigenvalue weighted by Crippen LogP contribution is -2.16. The van der Waals surface area contributed by atoms with E-state index in [9.17, 15) is 9.90 Å². The standard InChI is InChI=1S/C13H11BrN2O2S/c1-8-2-3-9(10(17)6-8)7-15-16-13(18)11-4-5-12(14)19-11/h2-7,17H,1H3,(H,16,18)/b15-7+. The highest BCUT2D eigenvalue weighted by Crippen LogP contribution is 2.21. The summed E-state index contributed by atoms with van der Waals surface area (Å²) in [6.45, 7) is 1.89. The number of phenolic OH excluding ortho intramolecular Hbond substituents is 1. The number of aromatic hydroxyl groups is 1. The Bertz CT molecular complexity index is 637. The Morgan fingerprint density at radius 1 is 1.42 bits per heavy atom. The highest BCUT2D eigenvalue weighted by Gasteiger charge is 2.06. The van der Waals surface area contributed by atoms with E-state index in [1.165, 1.54) is 17.6 Å². The van der Waals surface area contributed by atoms with Crippen molar-refractivity contribution < 1.29 is 9.90 Å². The summed E-state index contributed by atoms with van der Waals surface area (Å²) in [6, 6.07) is 8.75. The molecule has 2 rings (SSSR count). The SMILES string of the molecule is Cc1ccc(/C=N/NC(=O)c2ccc(Br)s2)c(O)c1. The van der Waals surface area contributed by atoms with Gasteiger partial charge in [-0.1, -0.05) is 6.07 Å². The van der Waals surface area contributed by atoms with Crippen molar-refractivity contribution in [2.75, 3.05) is 0 Å². The second-order valence-corrected chi connectivity index (χ2v) is 6.33. The van der Waals surface area contributed by atoms with Gasteiger partial charge in [0.15, 0.2) is 0 Å². The molecule has 2 aromatic rings. The summed E-state index contributed by atoms with van der Waals surface area (Å²) in [4.78, 5) is 12.3. The molecule has 1 heterocycles. The number of thiophene rings is 1. The number of phenols is 1. The van der Waals surface area contributed by atoms with Crippen molar-refractivity contribution in [3.8, 4) is 5.75 Å². The summed E-state index contributed by atoms with van der Waals surface area (Å²) in [6.07, 6.45) is 1.41. The summed E-state index contributed by atoms with van der Waals surface area (Å²) in [5, 5.41) is 13.5. The van der Waals surface area contributed by atoms with Gasteiger partial charge in [-0.3, -0.25) is 4.79 Å². The number of nitrogens with one attached hydrogen (secondary N) is 1. The fraction of sp³-hybridized carbons (Fsp3) is 0.0769. The zero-order chi connectivity index (χ0) is 13.8. The number of amides is 1. The van der Waals surface area contributed by atoms with E-state index in [1.54, 1.807) is 24.3 Å². The zero-order valence-corrected chi connectivity index (χ0v) is 12.5. The molecule has 0 spiro atoms. The summed E-state index contributed by atoms with van der Waals surface area (Å²) < 4.78 is 0.887. The highest BCUT2D eigenvalue weighted by atomic mass is 79.9. The number of hydrogen-bond donors (Lipinski definition) is 2.